The van der Waals surface area contributed by atoms with Crippen molar-refractivity contribution in [3.63, 3.8) is 0 Å². The number of hydrogen-bond acceptors (Lipinski definition) is 5. The molecule has 0 saturated carbocycles. The van der Waals surface area contributed by atoms with Crippen LogP contribution in [-0.2, 0) is 6.54 Å². The molecule has 5 nitrogen and oxygen atoms in total. The Morgan fingerprint density at radius 3 is 3.04 bits per heavy atom. The first-order chi connectivity index (χ1) is 12.2. The monoisotopic (exact) mass is 374 g/mol. The molecule has 7 heteroatoms. The van der Waals surface area contributed by atoms with Crippen LogP contribution in [-0.4, -0.2) is 19.2 Å². The van der Waals surface area contributed by atoms with Crippen molar-refractivity contribution < 1.29 is 13.9 Å². The van der Waals surface area contributed by atoms with Crippen LogP contribution in [0.1, 0.15) is 21.7 Å². The molecule has 0 aliphatic heterocycles. The molecular weight excluding hydrogens is 360 g/mol. The van der Waals surface area contributed by atoms with Gasteiger partial charge in [-0.1, -0.05) is 11.6 Å². The van der Waals surface area contributed by atoms with Crippen LogP contribution >= 0.6 is 22.9 Å². The van der Waals surface area contributed by atoms with Crippen LogP contribution in [0.15, 0.2) is 57.5 Å². The summed E-state index contributed by atoms with van der Waals surface area (Å²) in [6.45, 7) is 0.326. The van der Waals surface area contributed by atoms with E-state index in [-0.39, 0.29) is 5.91 Å². The van der Waals surface area contributed by atoms with Crippen molar-refractivity contribution in [1.82, 2.24) is 5.32 Å². The minimum absolute atomic E-state index is 0.206. The molecular formula is C18H15ClN2O3S. The second-order valence-corrected chi connectivity index (χ2v) is 6.38. The van der Waals surface area contributed by atoms with Gasteiger partial charge < -0.3 is 14.5 Å². The van der Waals surface area contributed by atoms with Crippen LogP contribution in [0.4, 0.5) is 5.00 Å². The number of furan rings is 1. The summed E-state index contributed by atoms with van der Waals surface area (Å²) >= 11 is 7.40. The van der Waals surface area contributed by atoms with Crippen LogP contribution in [0.25, 0.3) is 0 Å². The smallest absolute Gasteiger partial charge is 0.254 e. The highest BCUT2D eigenvalue weighted by atomic mass is 35.5. The lowest BCUT2D eigenvalue weighted by Gasteiger charge is -2.05. The number of carbonyl (C=O) groups excluding carboxylic acids is 1. The number of amides is 1. The van der Waals surface area contributed by atoms with Crippen LogP contribution in [0, 0.1) is 0 Å². The quantitative estimate of drug-likeness (QED) is 0.637. The van der Waals surface area contributed by atoms with Crippen molar-refractivity contribution >= 4 is 40.1 Å². The number of methoxy groups -OCH3 is 1. The standard InChI is InChI=1S/C18H15ClN2O3S/c1-23-16-5-4-13(19)9-12(16)10-21-18-15(6-8-25-18)17(22)20-11-14-3-2-7-24-14/h2-10H,11H2,1H3,(H,20,22)/b21-10+. The highest BCUT2D eigenvalue weighted by Gasteiger charge is 2.12. The maximum absolute atomic E-state index is 12.3. The summed E-state index contributed by atoms with van der Waals surface area (Å²) in [6.07, 6.45) is 3.21. The molecule has 0 aliphatic rings. The van der Waals surface area contributed by atoms with Crippen molar-refractivity contribution in [2.75, 3.05) is 7.11 Å². The van der Waals surface area contributed by atoms with Gasteiger partial charge in [-0.25, -0.2) is 4.99 Å². The Bertz CT molecular complexity index is 888. The number of aliphatic imine (C=N–C) groups is 1. The first kappa shape index (κ1) is 17.3. The van der Waals surface area contributed by atoms with Gasteiger partial charge in [0.15, 0.2) is 0 Å². The summed E-state index contributed by atoms with van der Waals surface area (Å²) in [6, 6.07) is 10.6. The molecule has 0 fully saturated rings. The average molecular weight is 375 g/mol. The van der Waals surface area contributed by atoms with E-state index in [1.165, 1.54) is 11.3 Å². The van der Waals surface area contributed by atoms with Gasteiger partial charge in [-0.15, -0.1) is 11.3 Å². The molecule has 1 aromatic carbocycles. The minimum atomic E-state index is -0.206. The normalized spacial score (nSPS) is 11.0. The Morgan fingerprint density at radius 2 is 2.28 bits per heavy atom. The minimum Gasteiger partial charge on any atom is -0.496 e. The number of benzene rings is 1. The van der Waals surface area contributed by atoms with E-state index in [1.54, 1.807) is 56.0 Å². The Hall–Kier alpha value is -2.57. The van der Waals surface area contributed by atoms with Gasteiger partial charge >= 0.3 is 0 Å². The van der Waals surface area contributed by atoms with E-state index in [9.17, 15) is 4.79 Å². The number of halogens is 1. The third-order valence-corrected chi connectivity index (χ3v) is 4.46. The van der Waals surface area contributed by atoms with E-state index in [0.717, 1.165) is 5.56 Å². The maximum atomic E-state index is 12.3. The van der Waals surface area contributed by atoms with Gasteiger partial charge in [-0.2, -0.15) is 0 Å². The van der Waals surface area contributed by atoms with Gasteiger partial charge in [0, 0.05) is 16.8 Å². The van der Waals surface area contributed by atoms with Gasteiger partial charge in [0.2, 0.25) is 0 Å². The number of nitrogens with zero attached hydrogens (tertiary/aromatic N) is 1. The van der Waals surface area contributed by atoms with Gasteiger partial charge in [-0.05, 0) is 41.8 Å². The lowest BCUT2D eigenvalue weighted by atomic mass is 10.2. The van der Waals surface area contributed by atoms with E-state index in [0.29, 0.717) is 33.6 Å². The van der Waals surface area contributed by atoms with Gasteiger partial charge in [0.05, 0.1) is 25.5 Å². The van der Waals surface area contributed by atoms with Crippen molar-refractivity contribution in [3.8, 4) is 5.75 Å². The number of hydrogen-bond donors (Lipinski definition) is 1. The predicted molar refractivity (Wildman–Crippen MR) is 99.5 cm³/mol. The molecule has 2 heterocycles. The van der Waals surface area contributed by atoms with Crippen LogP contribution in [0.3, 0.4) is 0 Å². The Labute approximate surface area is 153 Å². The SMILES string of the molecule is COc1ccc(Cl)cc1/C=N/c1sccc1C(=O)NCc1ccco1. The highest BCUT2D eigenvalue weighted by molar-refractivity contribution is 7.14. The number of thiophene rings is 1. The van der Waals surface area contributed by atoms with Crippen molar-refractivity contribution in [2.24, 2.45) is 4.99 Å². The summed E-state index contributed by atoms with van der Waals surface area (Å²) < 4.78 is 10.5. The number of ether oxygens (including phenoxy) is 1. The fraction of sp³-hybridized carbons (Fsp3) is 0.111. The van der Waals surface area contributed by atoms with Crippen LogP contribution in [0.2, 0.25) is 5.02 Å². The van der Waals surface area contributed by atoms with Gasteiger partial charge in [0.25, 0.3) is 5.91 Å². The van der Waals surface area contributed by atoms with E-state index < -0.39 is 0 Å². The number of nitrogens with one attached hydrogen (secondary N) is 1. The molecule has 3 rings (SSSR count). The Morgan fingerprint density at radius 1 is 1.40 bits per heavy atom. The molecule has 2 aromatic heterocycles. The molecule has 0 atom stereocenters. The molecule has 0 unspecified atom stereocenters. The zero-order valence-electron chi connectivity index (χ0n) is 13.4. The van der Waals surface area contributed by atoms with E-state index in [4.69, 9.17) is 20.8 Å². The molecule has 0 radical (unpaired) electrons. The Balaban J connectivity index is 1.75. The number of rotatable bonds is 6. The lowest BCUT2D eigenvalue weighted by Crippen LogP contribution is -2.22. The maximum Gasteiger partial charge on any atom is 0.254 e. The van der Waals surface area contributed by atoms with Gasteiger partial charge in [-0.3, -0.25) is 4.79 Å². The van der Waals surface area contributed by atoms with Crippen molar-refractivity contribution in [1.29, 1.82) is 0 Å². The van der Waals surface area contributed by atoms with Crippen molar-refractivity contribution in [3.05, 3.63) is 70.0 Å². The fourth-order valence-corrected chi connectivity index (χ4v) is 3.10. The zero-order valence-corrected chi connectivity index (χ0v) is 14.9. The second kappa shape index (κ2) is 8.00. The second-order valence-electron chi connectivity index (χ2n) is 5.05. The summed E-state index contributed by atoms with van der Waals surface area (Å²) in [5.74, 6) is 1.15. The first-order valence-corrected chi connectivity index (χ1v) is 8.69. The highest BCUT2D eigenvalue weighted by Crippen LogP contribution is 2.28. The Kier molecular flexibility index (Phi) is 5.53. The summed E-state index contributed by atoms with van der Waals surface area (Å²) in [7, 11) is 1.58. The first-order valence-electron chi connectivity index (χ1n) is 7.43. The summed E-state index contributed by atoms with van der Waals surface area (Å²) in [5, 5.41) is 5.83. The molecule has 1 amide bonds. The molecule has 0 aliphatic carbocycles. The van der Waals surface area contributed by atoms with Gasteiger partial charge in [0.1, 0.15) is 16.5 Å². The topological polar surface area (TPSA) is 63.8 Å². The van der Waals surface area contributed by atoms with Crippen LogP contribution < -0.4 is 10.1 Å². The largest absolute Gasteiger partial charge is 0.496 e. The molecule has 3 aromatic rings. The lowest BCUT2D eigenvalue weighted by molar-refractivity contribution is 0.0949. The van der Waals surface area contributed by atoms with Crippen LogP contribution in [0.5, 0.6) is 5.75 Å². The molecule has 0 bridgehead atoms. The summed E-state index contributed by atoms with van der Waals surface area (Å²) in [4.78, 5) is 16.8. The third-order valence-electron chi connectivity index (χ3n) is 3.41. The fourth-order valence-electron chi connectivity index (χ4n) is 2.18. The third kappa shape index (κ3) is 4.29. The molecule has 0 saturated heterocycles. The van der Waals surface area contributed by atoms with E-state index >= 15 is 0 Å². The van der Waals surface area contributed by atoms with E-state index in [2.05, 4.69) is 10.3 Å². The average Bonchev–Trinajstić information content (AvgIpc) is 3.29. The zero-order chi connectivity index (χ0) is 17.6. The molecule has 0 spiro atoms. The molecule has 25 heavy (non-hydrogen) atoms. The number of carbonyl (C=O) groups is 1. The molecule has 1 N–H and O–H groups in total. The van der Waals surface area contributed by atoms with Crippen molar-refractivity contribution in [2.45, 2.75) is 6.54 Å². The molecule has 128 valence electrons. The van der Waals surface area contributed by atoms with E-state index in [1.807, 2.05) is 5.38 Å². The summed E-state index contributed by atoms with van der Waals surface area (Å²) in [5.41, 5.74) is 1.25. The predicted octanol–water partition coefficient (Wildman–Crippen LogP) is 4.68.